The molecule has 0 bridgehead atoms. The topological polar surface area (TPSA) is 104 Å². The first kappa shape index (κ1) is 19.1. The van der Waals surface area contributed by atoms with Gasteiger partial charge in [0.25, 0.3) is 11.6 Å². The number of methoxy groups -OCH3 is 1. The molecule has 8 nitrogen and oxygen atoms in total. The number of carbonyl (C=O) groups excluding carboxylic acids is 1. The summed E-state index contributed by atoms with van der Waals surface area (Å²) in [6.07, 6.45) is 5.25. The fourth-order valence-corrected chi connectivity index (χ4v) is 4.10. The number of rotatable bonds is 6. The van der Waals surface area contributed by atoms with E-state index in [1.165, 1.54) is 41.9 Å². The van der Waals surface area contributed by atoms with Crippen LogP contribution >= 0.6 is 11.3 Å². The van der Waals surface area contributed by atoms with Gasteiger partial charge in [-0.15, -0.1) is 11.3 Å². The third-order valence-electron chi connectivity index (χ3n) is 4.34. The van der Waals surface area contributed by atoms with Gasteiger partial charge in [0, 0.05) is 10.9 Å². The van der Waals surface area contributed by atoms with E-state index in [4.69, 9.17) is 9.47 Å². The van der Waals surface area contributed by atoms with E-state index in [2.05, 4.69) is 10.3 Å². The minimum Gasteiger partial charge on any atom is -0.493 e. The molecule has 1 N–H and O–H groups in total. The number of aromatic nitrogens is 1. The molecule has 0 saturated heterocycles. The number of nitrogens with zero attached hydrogens (tertiary/aromatic N) is 2. The zero-order valence-corrected chi connectivity index (χ0v) is 16.1. The molecule has 1 amide bonds. The number of nitro benzene ring substituents is 1. The highest BCUT2D eigenvalue weighted by Crippen LogP contribution is 2.36. The molecule has 0 aliphatic heterocycles. The van der Waals surface area contributed by atoms with Crippen LogP contribution in [0.3, 0.4) is 0 Å². The van der Waals surface area contributed by atoms with E-state index in [1.54, 1.807) is 6.92 Å². The summed E-state index contributed by atoms with van der Waals surface area (Å²) in [4.78, 5) is 29.2. The first-order valence-electron chi connectivity index (χ1n) is 8.82. The van der Waals surface area contributed by atoms with Gasteiger partial charge in [-0.25, -0.2) is 4.98 Å². The van der Waals surface area contributed by atoms with Crippen molar-refractivity contribution in [2.45, 2.75) is 39.0 Å². The van der Waals surface area contributed by atoms with Crippen molar-refractivity contribution in [2.75, 3.05) is 19.0 Å². The Bertz CT molecular complexity index is 841. The molecule has 0 fully saturated rings. The zero-order valence-electron chi connectivity index (χ0n) is 15.2. The molecule has 0 spiro atoms. The number of hydrogen-bond donors (Lipinski definition) is 1. The summed E-state index contributed by atoms with van der Waals surface area (Å²) in [6, 6.07) is 2.55. The minimum atomic E-state index is -0.607. The van der Waals surface area contributed by atoms with Crippen LogP contribution in [-0.2, 0) is 12.8 Å². The summed E-state index contributed by atoms with van der Waals surface area (Å²) < 4.78 is 10.6. The van der Waals surface area contributed by atoms with Gasteiger partial charge in [0.05, 0.1) is 30.4 Å². The van der Waals surface area contributed by atoms with E-state index >= 15 is 0 Å². The highest BCUT2D eigenvalue weighted by atomic mass is 32.1. The maximum absolute atomic E-state index is 12.7. The van der Waals surface area contributed by atoms with Crippen molar-refractivity contribution in [2.24, 2.45) is 0 Å². The van der Waals surface area contributed by atoms with Crippen LogP contribution in [0, 0.1) is 10.1 Å². The van der Waals surface area contributed by atoms with Crippen LogP contribution in [0.4, 0.5) is 10.8 Å². The molecule has 144 valence electrons. The lowest BCUT2D eigenvalue weighted by Gasteiger charge is -2.11. The minimum absolute atomic E-state index is 0.0883. The van der Waals surface area contributed by atoms with Gasteiger partial charge in [0.1, 0.15) is 5.56 Å². The van der Waals surface area contributed by atoms with E-state index in [1.807, 2.05) is 0 Å². The van der Waals surface area contributed by atoms with Crippen molar-refractivity contribution in [1.82, 2.24) is 4.98 Å². The van der Waals surface area contributed by atoms with E-state index in [-0.39, 0.29) is 22.7 Å². The first-order chi connectivity index (χ1) is 13.0. The lowest BCUT2D eigenvalue weighted by molar-refractivity contribution is -0.385. The van der Waals surface area contributed by atoms with Crippen LogP contribution in [0.25, 0.3) is 0 Å². The van der Waals surface area contributed by atoms with Gasteiger partial charge in [-0.2, -0.15) is 0 Å². The molecule has 27 heavy (non-hydrogen) atoms. The number of anilines is 1. The third-order valence-corrected chi connectivity index (χ3v) is 5.41. The van der Waals surface area contributed by atoms with Gasteiger partial charge in [0.15, 0.2) is 16.6 Å². The SMILES string of the molecule is CCOc1cc(C(=O)Nc2nc3c(s2)CCCCC3)c([N+](=O)[O-])cc1OC. The van der Waals surface area contributed by atoms with Gasteiger partial charge < -0.3 is 9.47 Å². The van der Waals surface area contributed by atoms with Gasteiger partial charge >= 0.3 is 0 Å². The molecular formula is C18H21N3O5S. The summed E-state index contributed by atoms with van der Waals surface area (Å²) in [5.74, 6) is -0.0963. The first-order valence-corrected chi connectivity index (χ1v) is 9.64. The Morgan fingerprint density at radius 2 is 2.07 bits per heavy atom. The number of ether oxygens (including phenoxy) is 2. The quantitative estimate of drug-likeness (QED) is 0.454. The number of aryl methyl sites for hydroxylation is 2. The third kappa shape index (κ3) is 4.19. The van der Waals surface area contributed by atoms with Crippen molar-refractivity contribution in [3.63, 3.8) is 0 Å². The molecule has 3 rings (SSSR count). The smallest absolute Gasteiger partial charge is 0.286 e. The zero-order chi connectivity index (χ0) is 19.4. The second-order valence-electron chi connectivity index (χ2n) is 6.11. The lowest BCUT2D eigenvalue weighted by atomic mass is 10.1. The number of benzene rings is 1. The highest BCUT2D eigenvalue weighted by molar-refractivity contribution is 7.15. The number of fused-ring (bicyclic) bond motifs is 1. The van der Waals surface area contributed by atoms with Gasteiger partial charge in [-0.1, -0.05) is 6.42 Å². The van der Waals surface area contributed by atoms with E-state index in [0.29, 0.717) is 11.7 Å². The second-order valence-corrected chi connectivity index (χ2v) is 7.20. The second kappa shape index (κ2) is 8.34. The fourth-order valence-electron chi connectivity index (χ4n) is 3.06. The normalized spacial score (nSPS) is 13.4. The van der Waals surface area contributed by atoms with Crippen molar-refractivity contribution < 1.29 is 19.2 Å². The molecule has 1 aromatic heterocycles. The summed E-state index contributed by atoms with van der Waals surface area (Å²) in [7, 11) is 1.39. The molecule has 0 radical (unpaired) electrons. The van der Waals surface area contributed by atoms with Crippen molar-refractivity contribution >= 4 is 28.1 Å². The number of hydrogen-bond acceptors (Lipinski definition) is 7. The molecule has 2 aromatic rings. The Kier molecular flexibility index (Phi) is 5.90. The number of nitrogens with one attached hydrogen (secondary N) is 1. The van der Waals surface area contributed by atoms with Crippen molar-refractivity contribution in [3.8, 4) is 11.5 Å². The van der Waals surface area contributed by atoms with E-state index in [9.17, 15) is 14.9 Å². The van der Waals surface area contributed by atoms with Crippen LogP contribution in [0.2, 0.25) is 0 Å². The van der Waals surface area contributed by atoms with Crippen LogP contribution in [-0.4, -0.2) is 29.5 Å². The van der Waals surface area contributed by atoms with Crippen LogP contribution in [0.5, 0.6) is 11.5 Å². The summed E-state index contributed by atoms with van der Waals surface area (Å²) in [5.41, 5.74) is 0.590. The molecular weight excluding hydrogens is 370 g/mol. The molecule has 1 aliphatic rings. The average molecular weight is 391 g/mol. The Hall–Kier alpha value is -2.68. The maximum Gasteiger partial charge on any atom is 0.286 e. The number of amides is 1. The molecule has 0 atom stereocenters. The average Bonchev–Trinajstić information content (AvgIpc) is 2.89. The predicted octanol–water partition coefficient (Wildman–Crippen LogP) is 3.98. The summed E-state index contributed by atoms with van der Waals surface area (Å²) >= 11 is 1.44. The molecule has 1 heterocycles. The van der Waals surface area contributed by atoms with Crippen LogP contribution in [0.1, 0.15) is 47.1 Å². The summed E-state index contributed by atoms with van der Waals surface area (Å²) in [6.45, 7) is 2.12. The molecule has 0 saturated carbocycles. The van der Waals surface area contributed by atoms with Crippen LogP contribution in [0.15, 0.2) is 12.1 Å². The Morgan fingerprint density at radius 1 is 1.30 bits per heavy atom. The number of carbonyl (C=O) groups is 1. The molecule has 9 heteroatoms. The Balaban J connectivity index is 1.91. The van der Waals surface area contributed by atoms with Crippen molar-refractivity contribution in [3.05, 3.63) is 38.4 Å². The molecule has 0 unspecified atom stereocenters. The predicted molar refractivity (Wildman–Crippen MR) is 102 cm³/mol. The Morgan fingerprint density at radius 3 is 2.78 bits per heavy atom. The fraction of sp³-hybridized carbons (Fsp3) is 0.444. The van der Waals surface area contributed by atoms with Gasteiger partial charge in [-0.3, -0.25) is 20.2 Å². The maximum atomic E-state index is 12.7. The standard InChI is InChI=1S/C18H21N3O5S/c1-3-26-15-9-11(13(21(23)24)10-14(15)25-2)17(22)20-18-19-12-7-5-4-6-8-16(12)27-18/h9-10H,3-8H2,1-2H3,(H,19,20,22). The van der Waals surface area contributed by atoms with E-state index < -0.39 is 10.8 Å². The van der Waals surface area contributed by atoms with Gasteiger partial charge in [-0.05, 0) is 32.6 Å². The number of thiazole rings is 1. The lowest BCUT2D eigenvalue weighted by Crippen LogP contribution is -2.14. The number of nitro groups is 1. The largest absolute Gasteiger partial charge is 0.493 e. The summed E-state index contributed by atoms with van der Waals surface area (Å²) in [5, 5.41) is 14.6. The highest BCUT2D eigenvalue weighted by Gasteiger charge is 2.26. The van der Waals surface area contributed by atoms with Gasteiger partial charge in [0.2, 0.25) is 0 Å². The molecule has 1 aliphatic carbocycles. The van der Waals surface area contributed by atoms with E-state index in [0.717, 1.165) is 31.4 Å². The van der Waals surface area contributed by atoms with Crippen LogP contribution < -0.4 is 14.8 Å². The monoisotopic (exact) mass is 391 g/mol. The van der Waals surface area contributed by atoms with Crippen molar-refractivity contribution in [1.29, 1.82) is 0 Å². The Labute approximate surface area is 160 Å². The molecule has 1 aromatic carbocycles.